The third kappa shape index (κ3) is 2.73. The second-order valence-electron chi connectivity index (χ2n) is 5.43. The summed E-state index contributed by atoms with van der Waals surface area (Å²) in [5, 5.41) is 3.63. The Morgan fingerprint density at radius 2 is 2.41 bits per heavy atom. The molecule has 2 unspecified atom stereocenters. The van der Waals surface area contributed by atoms with Gasteiger partial charge in [-0.2, -0.15) is 0 Å². The predicted molar refractivity (Wildman–Crippen MR) is 66.7 cm³/mol. The number of likely N-dealkylation sites (tertiary alicyclic amines) is 1. The van der Waals surface area contributed by atoms with E-state index in [-0.39, 0.29) is 0 Å². The lowest BCUT2D eigenvalue weighted by Gasteiger charge is -2.38. The van der Waals surface area contributed by atoms with Crippen molar-refractivity contribution in [1.82, 2.24) is 4.90 Å². The average molecular weight is 238 g/mol. The van der Waals surface area contributed by atoms with Crippen LogP contribution in [-0.4, -0.2) is 44.8 Å². The molecule has 0 radical (unpaired) electrons. The molecule has 5 nitrogen and oxygen atoms in total. The third-order valence-electron chi connectivity index (χ3n) is 4.37. The molecule has 2 fully saturated rings. The van der Waals surface area contributed by atoms with Gasteiger partial charge in [-0.15, -0.1) is 0 Å². The highest BCUT2D eigenvalue weighted by molar-refractivity contribution is 4.98. The lowest BCUT2D eigenvalue weighted by Crippen LogP contribution is -2.37. The summed E-state index contributed by atoms with van der Waals surface area (Å²) >= 11 is 0. The lowest BCUT2D eigenvalue weighted by atomic mass is 9.69. The van der Waals surface area contributed by atoms with E-state index in [0.717, 1.165) is 32.2 Å². The zero-order valence-corrected chi connectivity index (χ0v) is 10.6. The molecule has 1 saturated carbocycles. The molecule has 17 heavy (non-hydrogen) atoms. The highest BCUT2D eigenvalue weighted by atomic mass is 16.5. The first-order chi connectivity index (χ1) is 8.30. The first-order valence-electron chi connectivity index (χ1n) is 6.53. The van der Waals surface area contributed by atoms with Crippen LogP contribution in [0.15, 0.2) is 5.11 Å². The number of azide groups is 1. The van der Waals surface area contributed by atoms with Crippen LogP contribution in [-0.2, 0) is 4.74 Å². The molecule has 0 spiro atoms. The molecular weight excluding hydrogens is 216 g/mol. The maximum absolute atomic E-state index is 8.30. The van der Waals surface area contributed by atoms with Gasteiger partial charge < -0.3 is 9.64 Å². The summed E-state index contributed by atoms with van der Waals surface area (Å²) in [7, 11) is 1.81. The van der Waals surface area contributed by atoms with Crippen LogP contribution in [0.1, 0.15) is 25.7 Å². The molecule has 5 heteroatoms. The van der Waals surface area contributed by atoms with Gasteiger partial charge in [0, 0.05) is 43.6 Å². The maximum Gasteiger partial charge on any atom is 0.0534 e. The van der Waals surface area contributed by atoms with Gasteiger partial charge in [0.2, 0.25) is 0 Å². The van der Waals surface area contributed by atoms with Crippen molar-refractivity contribution in [1.29, 1.82) is 0 Å². The van der Waals surface area contributed by atoms with Crippen LogP contribution >= 0.6 is 0 Å². The molecule has 1 saturated heterocycles. The van der Waals surface area contributed by atoms with Crippen molar-refractivity contribution in [2.75, 3.05) is 39.9 Å². The number of ether oxygens (including phenoxy) is 1. The second-order valence-corrected chi connectivity index (χ2v) is 5.43. The number of rotatable bonds is 5. The van der Waals surface area contributed by atoms with Gasteiger partial charge in [0.15, 0.2) is 0 Å². The first-order valence-corrected chi connectivity index (χ1v) is 6.53. The summed E-state index contributed by atoms with van der Waals surface area (Å²) in [6.07, 6.45) is 5.33. The number of hydrogen-bond acceptors (Lipinski definition) is 3. The van der Waals surface area contributed by atoms with Gasteiger partial charge in [0.25, 0.3) is 0 Å². The van der Waals surface area contributed by atoms with Gasteiger partial charge in [-0.1, -0.05) is 18.0 Å². The fourth-order valence-corrected chi connectivity index (χ4v) is 3.62. The summed E-state index contributed by atoms with van der Waals surface area (Å²) in [6, 6.07) is 0. The van der Waals surface area contributed by atoms with Gasteiger partial charge in [-0.3, -0.25) is 0 Å². The van der Waals surface area contributed by atoms with E-state index in [2.05, 4.69) is 14.9 Å². The van der Waals surface area contributed by atoms with Gasteiger partial charge in [-0.05, 0) is 24.3 Å². The van der Waals surface area contributed by atoms with Crippen molar-refractivity contribution < 1.29 is 4.74 Å². The molecule has 1 heterocycles. The number of nitrogens with zero attached hydrogens (tertiary/aromatic N) is 4. The molecule has 0 N–H and O–H groups in total. The van der Waals surface area contributed by atoms with Gasteiger partial charge in [0.1, 0.15) is 0 Å². The summed E-state index contributed by atoms with van der Waals surface area (Å²) in [4.78, 5) is 5.26. The SMILES string of the molecule is COCC12CCCCC1CN(CCN=[N+]=[N-])C2. The number of hydrogen-bond donors (Lipinski definition) is 0. The van der Waals surface area contributed by atoms with Crippen molar-refractivity contribution in [2.45, 2.75) is 25.7 Å². The van der Waals surface area contributed by atoms with Crippen LogP contribution in [0.3, 0.4) is 0 Å². The Labute approximate surface area is 103 Å². The van der Waals surface area contributed by atoms with E-state index < -0.39 is 0 Å². The molecule has 2 atom stereocenters. The van der Waals surface area contributed by atoms with Gasteiger partial charge >= 0.3 is 0 Å². The highest BCUT2D eigenvalue weighted by Crippen LogP contribution is 2.46. The molecular formula is C12H22N4O. The lowest BCUT2D eigenvalue weighted by molar-refractivity contribution is 0.0299. The fraction of sp³-hybridized carbons (Fsp3) is 1.00. The topological polar surface area (TPSA) is 61.2 Å². The van der Waals surface area contributed by atoms with E-state index in [1.807, 2.05) is 7.11 Å². The maximum atomic E-state index is 8.30. The summed E-state index contributed by atoms with van der Waals surface area (Å²) in [6.45, 7) is 4.64. The molecule has 96 valence electrons. The monoisotopic (exact) mass is 238 g/mol. The van der Waals surface area contributed by atoms with E-state index in [1.165, 1.54) is 25.7 Å². The van der Waals surface area contributed by atoms with Crippen molar-refractivity contribution in [3.8, 4) is 0 Å². The minimum Gasteiger partial charge on any atom is -0.384 e. The average Bonchev–Trinajstić information content (AvgIpc) is 2.68. The summed E-state index contributed by atoms with van der Waals surface area (Å²) < 4.78 is 5.45. The van der Waals surface area contributed by atoms with E-state index in [0.29, 0.717) is 12.0 Å². The summed E-state index contributed by atoms with van der Waals surface area (Å²) in [5.74, 6) is 0.780. The Morgan fingerprint density at radius 3 is 3.18 bits per heavy atom. The second kappa shape index (κ2) is 5.71. The van der Waals surface area contributed by atoms with Crippen molar-refractivity contribution >= 4 is 0 Å². The molecule has 0 amide bonds. The van der Waals surface area contributed by atoms with Crippen LogP contribution < -0.4 is 0 Å². The largest absolute Gasteiger partial charge is 0.384 e. The van der Waals surface area contributed by atoms with Gasteiger partial charge in [0.05, 0.1) is 6.61 Å². The van der Waals surface area contributed by atoms with Crippen molar-refractivity contribution in [3.63, 3.8) is 0 Å². The van der Waals surface area contributed by atoms with E-state index in [4.69, 9.17) is 10.3 Å². The highest BCUT2D eigenvalue weighted by Gasteiger charge is 2.47. The zero-order valence-electron chi connectivity index (χ0n) is 10.6. The molecule has 0 bridgehead atoms. The van der Waals surface area contributed by atoms with Crippen LogP contribution in [0.25, 0.3) is 10.4 Å². The quantitative estimate of drug-likeness (QED) is 0.419. The third-order valence-corrected chi connectivity index (χ3v) is 4.37. The Kier molecular flexibility index (Phi) is 4.26. The minimum atomic E-state index is 0.378. The molecule has 0 aromatic rings. The standard InChI is InChI=1S/C12H22N4O/c1-17-10-12-5-3-2-4-11(12)8-16(9-12)7-6-14-15-13/h11H,2-10H2,1H3. The van der Waals surface area contributed by atoms with Crippen LogP contribution in [0, 0.1) is 11.3 Å². The van der Waals surface area contributed by atoms with Crippen LogP contribution in [0.2, 0.25) is 0 Å². The Balaban J connectivity index is 1.95. The van der Waals surface area contributed by atoms with Crippen LogP contribution in [0.4, 0.5) is 0 Å². The van der Waals surface area contributed by atoms with Crippen molar-refractivity contribution in [3.05, 3.63) is 10.4 Å². The first kappa shape index (κ1) is 12.7. The number of fused-ring (bicyclic) bond motifs is 1. The molecule has 1 aliphatic heterocycles. The molecule has 0 aromatic heterocycles. The molecule has 2 rings (SSSR count). The molecule has 2 aliphatic rings. The fourth-order valence-electron chi connectivity index (χ4n) is 3.62. The Hall–Kier alpha value is -0.770. The Morgan fingerprint density at radius 1 is 1.53 bits per heavy atom. The van der Waals surface area contributed by atoms with E-state index in [9.17, 15) is 0 Å². The van der Waals surface area contributed by atoms with Crippen LogP contribution in [0.5, 0.6) is 0 Å². The number of methoxy groups -OCH3 is 1. The molecule has 1 aliphatic carbocycles. The van der Waals surface area contributed by atoms with Crippen molar-refractivity contribution in [2.24, 2.45) is 16.4 Å². The van der Waals surface area contributed by atoms with Gasteiger partial charge in [-0.25, -0.2) is 0 Å². The smallest absolute Gasteiger partial charge is 0.0534 e. The van der Waals surface area contributed by atoms with E-state index >= 15 is 0 Å². The predicted octanol–water partition coefficient (Wildman–Crippen LogP) is 2.44. The normalized spacial score (nSPS) is 33.1. The van der Waals surface area contributed by atoms with E-state index in [1.54, 1.807) is 0 Å². The minimum absolute atomic E-state index is 0.378. The summed E-state index contributed by atoms with van der Waals surface area (Å²) in [5.41, 5.74) is 8.68. The zero-order chi connectivity index (χ0) is 12.1. The molecule has 0 aromatic carbocycles. The Bertz CT molecular complexity index is 299.